The highest BCUT2D eigenvalue weighted by Gasteiger charge is 2.12. The zero-order valence-electron chi connectivity index (χ0n) is 6.52. The molecule has 0 saturated carbocycles. The van der Waals surface area contributed by atoms with E-state index in [1.54, 1.807) is 0 Å². The number of aromatic amines is 1. The molecule has 1 N–H and O–H groups in total. The molecule has 0 atom stereocenters. The zero-order valence-corrected chi connectivity index (χ0v) is 6.52. The normalized spacial score (nSPS) is 10.2. The third-order valence-electron chi connectivity index (χ3n) is 1.55. The van der Waals surface area contributed by atoms with Gasteiger partial charge in [0, 0.05) is 24.2 Å². The summed E-state index contributed by atoms with van der Waals surface area (Å²) in [5.41, 5.74) is 0.415. The predicted octanol–water partition coefficient (Wildman–Crippen LogP) is -2.93. The lowest BCUT2D eigenvalue weighted by Gasteiger charge is -2.17. The third-order valence-corrected chi connectivity index (χ3v) is 1.55. The lowest BCUT2D eigenvalue weighted by molar-refractivity contribution is -0.331. The summed E-state index contributed by atoms with van der Waals surface area (Å²) < 4.78 is 0. The maximum absolute atomic E-state index is 10.3. The average molecular weight is 182 g/mol. The molecule has 0 aromatic carbocycles. The number of carboxylic acids is 2. The van der Waals surface area contributed by atoms with Gasteiger partial charge in [0.25, 0.3) is 0 Å². The molecule has 1 aromatic heterocycles. The Morgan fingerprint density at radius 2 is 2.08 bits per heavy atom. The molecule has 0 aliphatic rings. The molecule has 70 valence electrons. The number of carbonyl (C=O) groups is 2. The molecule has 13 heavy (non-hydrogen) atoms. The van der Waals surface area contributed by atoms with Crippen molar-refractivity contribution in [2.24, 2.45) is 5.92 Å². The van der Waals surface area contributed by atoms with Gasteiger partial charge in [-0.15, -0.1) is 0 Å². The van der Waals surface area contributed by atoms with Gasteiger partial charge in [-0.2, -0.15) is 0 Å². The van der Waals surface area contributed by atoms with Crippen molar-refractivity contribution in [3.05, 3.63) is 18.2 Å². The number of rotatable bonds is 4. The van der Waals surface area contributed by atoms with E-state index < -0.39 is 17.9 Å². The number of aromatic nitrogens is 2. The second-order valence-electron chi connectivity index (χ2n) is 2.47. The van der Waals surface area contributed by atoms with Crippen molar-refractivity contribution in [3.8, 4) is 0 Å². The Morgan fingerprint density at radius 3 is 2.46 bits per heavy atom. The molecular formula is C7H6N2O4-2. The minimum atomic E-state index is -1.66. The highest BCUT2D eigenvalue weighted by atomic mass is 16.4. The highest BCUT2D eigenvalue weighted by molar-refractivity contribution is 5.90. The topological polar surface area (TPSA) is 109 Å². The molecule has 0 radical (unpaired) electrons. The van der Waals surface area contributed by atoms with Crippen molar-refractivity contribution < 1.29 is 19.8 Å². The van der Waals surface area contributed by atoms with Crippen LogP contribution in [0.15, 0.2) is 12.5 Å². The van der Waals surface area contributed by atoms with E-state index in [-0.39, 0.29) is 6.42 Å². The van der Waals surface area contributed by atoms with Gasteiger partial charge in [-0.05, 0) is 0 Å². The molecular weight excluding hydrogens is 176 g/mol. The van der Waals surface area contributed by atoms with E-state index in [0.717, 1.165) is 0 Å². The molecule has 0 fully saturated rings. The Labute approximate surface area is 73.2 Å². The molecule has 6 nitrogen and oxygen atoms in total. The van der Waals surface area contributed by atoms with Crippen LogP contribution in [-0.4, -0.2) is 21.9 Å². The van der Waals surface area contributed by atoms with Crippen molar-refractivity contribution in [2.75, 3.05) is 0 Å². The number of hydrogen-bond donors (Lipinski definition) is 1. The van der Waals surface area contributed by atoms with Gasteiger partial charge < -0.3 is 24.8 Å². The van der Waals surface area contributed by atoms with Gasteiger partial charge in [-0.25, -0.2) is 4.98 Å². The summed E-state index contributed by atoms with van der Waals surface area (Å²) >= 11 is 0. The van der Waals surface area contributed by atoms with Gasteiger partial charge in [0.15, 0.2) is 0 Å². The lowest BCUT2D eigenvalue weighted by atomic mass is 10.0. The molecule has 0 bridgehead atoms. The third kappa shape index (κ3) is 2.29. The van der Waals surface area contributed by atoms with Crippen molar-refractivity contribution >= 4 is 11.9 Å². The summed E-state index contributed by atoms with van der Waals surface area (Å²) in [6, 6.07) is 0. The number of H-pyrrole nitrogens is 1. The van der Waals surface area contributed by atoms with Gasteiger partial charge in [-0.1, -0.05) is 0 Å². The molecule has 0 saturated heterocycles. The Hall–Kier alpha value is -1.85. The number of imidazole rings is 1. The second-order valence-corrected chi connectivity index (χ2v) is 2.47. The molecule has 6 heteroatoms. The maximum Gasteiger partial charge on any atom is 0.0921 e. The van der Waals surface area contributed by atoms with Crippen molar-refractivity contribution in [2.45, 2.75) is 6.42 Å². The minimum absolute atomic E-state index is 0.204. The SMILES string of the molecule is O=C([O-])C(Cc1cnc[nH]1)C(=O)[O-]. The largest absolute Gasteiger partial charge is 0.549 e. The average Bonchev–Trinajstić information content (AvgIpc) is 2.50. The van der Waals surface area contributed by atoms with E-state index >= 15 is 0 Å². The molecule has 0 aliphatic carbocycles. The first kappa shape index (κ1) is 9.24. The lowest BCUT2D eigenvalue weighted by Crippen LogP contribution is -2.44. The van der Waals surface area contributed by atoms with Crippen molar-refractivity contribution in [3.63, 3.8) is 0 Å². The van der Waals surface area contributed by atoms with E-state index in [1.807, 2.05) is 0 Å². The van der Waals surface area contributed by atoms with Gasteiger partial charge in [0.05, 0.1) is 18.3 Å². The van der Waals surface area contributed by atoms with E-state index in [2.05, 4.69) is 9.97 Å². The van der Waals surface area contributed by atoms with Crippen LogP contribution in [0.4, 0.5) is 0 Å². The number of nitrogens with zero attached hydrogens (tertiary/aromatic N) is 1. The van der Waals surface area contributed by atoms with Crippen LogP contribution in [0.5, 0.6) is 0 Å². The van der Waals surface area contributed by atoms with E-state index in [4.69, 9.17) is 0 Å². The van der Waals surface area contributed by atoms with E-state index in [0.29, 0.717) is 5.69 Å². The minimum Gasteiger partial charge on any atom is -0.549 e. The Balaban J connectivity index is 2.69. The summed E-state index contributed by atoms with van der Waals surface area (Å²) in [6.07, 6.45) is 2.47. The fourth-order valence-electron chi connectivity index (χ4n) is 0.879. The van der Waals surface area contributed by atoms with Gasteiger partial charge in [0.2, 0.25) is 0 Å². The quantitative estimate of drug-likeness (QED) is 0.501. The summed E-state index contributed by atoms with van der Waals surface area (Å²) in [5.74, 6) is -4.95. The fraction of sp³-hybridized carbons (Fsp3) is 0.286. The molecule has 0 amide bonds. The summed E-state index contributed by atoms with van der Waals surface area (Å²) in [4.78, 5) is 26.8. The van der Waals surface area contributed by atoms with Gasteiger partial charge >= 0.3 is 0 Å². The first-order chi connectivity index (χ1) is 6.11. The molecule has 1 aromatic rings. The van der Waals surface area contributed by atoms with Crippen LogP contribution < -0.4 is 10.2 Å². The second kappa shape index (κ2) is 3.70. The first-order valence-electron chi connectivity index (χ1n) is 3.50. The van der Waals surface area contributed by atoms with E-state index in [9.17, 15) is 19.8 Å². The standard InChI is InChI=1S/C7H8N2O4/c10-6(11)5(7(12)13)1-4-2-8-3-9-4/h2-3,5H,1H2,(H,8,9)(H,10,11)(H,12,13)/p-2. The van der Waals surface area contributed by atoms with Gasteiger partial charge in [-0.3, -0.25) is 0 Å². The van der Waals surface area contributed by atoms with Crippen molar-refractivity contribution in [1.82, 2.24) is 9.97 Å². The number of nitrogens with one attached hydrogen (secondary N) is 1. The highest BCUT2D eigenvalue weighted by Crippen LogP contribution is 2.03. The number of hydrogen-bond acceptors (Lipinski definition) is 5. The van der Waals surface area contributed by atoms with Crippen LogP contribution in [-0.2, 0) is 16.0 Å². The predicted molar refractivity (Wildman–Crippen MR) is 35.8 cm³/mol. The summed E-state index contributed by atoms with van der Waals surface area (Å²) in [7, 11) is 0. The molecule has 0 unspecified atom stereocenters. The first-order valence-corrected chi connectivity index (χ1v) is 3.50. The summed E-state index contributed by atoms with van der Waals surface area (Å²) in [5, 5.41) is 20.6. The van der Waals surface area contributed by atoms with E-state index in [1.165, 1.54) is 12.5 Å². The fourth-order valence-corrected chi connectivity index (χ4v) is 0.879. The van der Waals surface area contributed by atoms with Crippen molar-refractivity contribution in [1.29, 1.82) is 0 Å². The van der Waals surface area contributed by atoms with Gasteiger partial charge in [0.1, 0.15) is 0 Å². The van der Waals surface area contributed by atoms with Crippen LogP contribution in [0.25, 0.3) is 0 Å². The smallest absolute Gasteiger partial charge is 0.0921 e. The Bertz CT molecular complexity index is 292. The Morgan fingerprint density at radius 1 is 1.46 bits per heavy atom. The molecule has 1 rings (SSSR count). The molecule has 0 aliphatic heterocycles. The van der Waals surface area contributed by atoms with Crippen LogP contribution in [0.2, 0.25) is 0 Å². The maximum atomic E-state index is 10.3. The van der Waals surface area contributed by atoms with Crippen LogP contribution in [0.3, 0.4) is 0 Å². The molecule has 1 heterocycles. The number of carboxylic acid groups (broad SMARTS) is 2. The molecule has 0 spiro atoms. The number of carbonyl (C=O) groups excluding carboxylic acids is 2. The monoisotopic (exact) mass is 182 g/mol. The van der Waals surface area contributed by atoms with Crippen LogP contribution in [0, 0.1) is 5.92 Å². The van der Waals surface area contributed by atoms with Crippen LogP contribution in [0.1, 0.15) is 5.69 Å². The van der Waals surface area contributed by atoms with Crippen LogP contribution >= 0.6 is 0 Å². The number of aliphatic carboxylic acids is 2. The zero-order chi connectivity index (χ0) is 9.84. The summed E-state index contributed by atoms with van der Waals surface area (Å²) in [6.45, 7) is 0. The Kier molecular flexibility index (Phi) is 2.63.